The molecule has 2 amide bonds. The number of hydrogen-bond donors (Lipinski definition) is 1. The van der Waals surface area contributed by atoms with Gasteiger partial charge in [-0.3, -0.25) is 14.4 Å². The van der Waals surface area contributed by atoms with Gasteiger partial charge in [0.15, 0.2) is 0 Å². The second-order valence-corrected chi connectivity index (χ2v) is 8.80. The summed E-state index contributed by atoms with van der Waals surface area (Å²) in [5, 5.41) is 2.82. The van der Waals surface area contributed by atoms with Gasteiger partial charge in [0, 0.05) is 38.6 Å². The summed E-state index contributed by atoms with van der Waals surface area (Å²) in [6.07, 6.45) is 10.2. The van der Waals surface area contributed by atoms with Gasteiger partial charge in [0.05, 0.1) is 0 Å². The number of nitrogens with zero attached hydrogens (tertiary/aromatic N) is 2. The summed E-state index contributed by atoms with van der Waals surface area (Å²) >= 11 is 1.72. The Kier molecular flexibility index (Phi) is 9.09. The number of thioether (sulfide) groups is 1. The average Bonchev–Trinajstić information content (AvgIpc) is 2.95. The summed E-state index contributed by atoms with van der Waals surface area (Å²) in [5.41, 5.74) is -0.290. The van der Waals surface area contributed by atoms with Crippen molar-refractivity contribution >= 4 is 23.6 Å². The lowest BCUT2D eigenvalue weighted by Crippen LogP contribution is -2.38. The number of carbonyl (C=O) groups is 2. The molecule has 0 unspecified atom stereocenters. The fourth-order valence-corrected chi connectivity index (χ4v) is 3.86. The summed E-state index contributed by atoms with van der Waals surface area (Å²) in [6, 6.07) is 0. The fraction of sp³-hybridized carbons (Fsp3) is 0.667. The minimum atomic E-state index is -0.461. The molecule has 1 saturated heterocycles. The Balaban J connectivity index is 2.31. The summed E-state index contributed by atoms with van der Waals surface area (Å²) in [6.45, 7) is 6.65. The molecule has 0 aliphatic carbocycles. The minimum absolute atomic E-state index is 0.0606. The molecule has 6 nitrogen and oxygen atoms in total. The molecule has 156 valence electrons. The third kappa shape index (κ3) is 6.40. The van der Waals surface area contributed by atoms with Crippen LogP contribution in [-0.4, -0.2) is 52.9 Å². The predicted molar refractivity (Wildman–Crippen MR) is 115 cm³/mol. The van der Waals surface area contributed by atoms with Crippen LogP contribution in [0.25, 0.3) is 0 Å². The first kappa shape index (κ1) is 22.5. The van der Waals surface area contributed by atoms with Gasteiger partial charge in [0.1, 0.15) is 11.1 Å². The van der Waals surface area contributed by atoms with Crippen LogP contribution in [-0.2, 0) is 6.54 Å². The molecule has 0 aromatic carbocycles. The van der Waals surface area contributed by atoms with Crippen LogP contribution in [0.4, 0.5) is 0 Å². The Morgan fingerprint density at radius 1 is 1.11 bits per heavy atom. The van der Waals surface area contributed by atoms with Crippen LogP contribution >= 0.6 is 11.8 Å². The van der Waals surface area contributed by atoms with Crippen molar-refractivity contribution in [1.82, 2.24) is 14.8 Å². The topological polar surface area (TPSA) is 71.4 Å². The van der Waals surface area contributed by atoms with E-state index in [4.69, 9.17) is 0 Å². The molecular weight excluding hydrogens is 374 g/mol. The molecule has 7 heteroatoms. The molecule has 2 heterocycles. The van der Waals surface area contributed by atoms with Crippen LogP contribution in [0.2, 0.25) is 0 Å². The summed E-state index contributed by atoms with van der Waals surface area (Å²) in [7, 11) is 0. The van der Waals surface area contributed by atoms with Gasteiger partial charge in [-0.25, -0.2) is 0 Å². The summed E-state index contributed by atoms with van der Waals surface area (Å²) in [4.78, 5) is 40.4. The monoisotopic (exact) mass is 407 g/mol. The molecule has 1 aromatic rings. The predicted octanol–water partition coefficient (Wildman–Crippen LogP) is 3.00. The van der Waals surface area contributed by atoms with Crippen molar-refractivity contribution in [2.45, 2.75) is 52.5 Å². The first-order valence-electron chi connectivity index (χ1n) is 10.2. The van der Waals surface area contributed by atoms with Crippen molar-refractivity contribution in [3.63, 3.8) is 0 Å². The number of aromatic nitrogens is 1. The molecule has 0 saturated carbocycles. The Morgan fingerprint density at radius 3 is 2.36 bits per heavy atom. The molecule has 1 N–H and O–H groups in total. The van der Waals surface area contributed by atoms with Gasteiger partial charge < -0.3 is 14.8 Å². The zero-order valence-electron chi connectivity index (χ0n) is 17.3. The van der Waals surface area contributed by atoms with Gasteiger partial charge in [-0.05, 0) is 37.2 Å². The maximum Gasteiger partial charge on any atom is 0.259 e. The van der Waals surface area contributed by atoms with E-state index in [1.54, 1.807) is 29.1 Å². The zero-order valence-corrected chi connectivity index (χ0v) is 18.1. The normalized spacial score (nSPS) is 14.8. The zero-order chi connectivity index (χ0) is 20.5. The third-order valence-corrected chi connectivity index (χ3v) is 5.53. The molecule has 2 rings (SSSR count). The van der Waals surface area contributed by atoms with Crippen LogP contribution in [0.15, 0.2) is 17.2 Å². The Hall–Kier alpha value is -1.76. The molecule has 1 aliphatic heterocycles. The lowest BCUT2D eigenvalue weighted by molar-refractivity contribution is 0.0759. The van der Waals surface area contributed by atoms with Crippen LogP contribution in [0, 0.1) is 5.92 Å². The molecule has 1 fully saturated rings. The maximum absolute atomic E-state index is 13.1. The highest BCUT2D eigenvalue weighted by Crippen LogP contribution is 2.13. The third-order valence-electron chi connectivity index (χ3n) is 4.83. The molecule has 0 bridgehead atoms. The number of hydrogen-bond acceptors (Lipinski definition) is 4. The average molecular weight is 408 g/mol. The molecule has 1 aliphatic rings. The smallest absolute Gasteiger partial charge is 0.259 e. The Morgan fingerprint density at radius 2 is 1.75 bits per heavy atom. The highest BCUT2D eigenvalue weighted by Gasteiger charge is 2.24. The van der Waals surface area contributed by atoms with Gasteiger partial charge in [-0.2, -0.15) is 11.8 Å². The van der Waals surface area contributed by atoms with E-state index in [0.29, 0.717) is 32.1 Å². The molecule has 0 radical (unpaired) electrons. The quantitative estimate of drug-likeness (QED) is 0.673. The van der Waals surface area contributed by atoms with Crippen molar-refractivity contribution in [3.8, 4) is 0 Å². The largest absolute Gasteiger partial charge is 0.352 e. The van der Waals surface area contributed by atoms with E-state index < -0.39 is 11.3 Å². The van der Waals surface area contributed by atoms with Crippen LogP contribution in [0.1, 0.15) is 66.7 Å². The lowest BCUT2D eigenvalue weighted by atomic mass is 10.1. The van der Waals surface area contributed by atoms with E-state index in [-0.39, 0.29) is 17.0 Å². The van der Waals surface area contributed by atoms with E-state index in [9.17, 15) is 14.4 Å². The van der Waals surface area contributed by atoms with E-state index in [1.807, 2.05) is 10.8 Å². The number of nitrogens with one attached hydrogen (secondary N) is 1. The molecule has 1 aromatic heterocycles. The van der Waals surface area contributed by atoms with E-state index in [0.717, 1.165) is 37.9 Å². The molecule has 0 atom stereocenters. The van der Waals surface area contributed by atoms with E-state index in [2.05, 4.69) is 19.2 Å². The number of likely N-dealkylation sites (tertiary alicyclic amines) is 1. The van der Waals surface area contributed by atoms with Crippen LogP contribution < -0.4 is 10.7 Å². The highest BCUT2D eigenvalue weighted by atomic mass is 32.2. The van der Waals surface area contributed by atoms with Crippen molar-refractivity contribution in [3.05, 3.63) is 33.7 Å². The van der Waals surface area contributed by atoms with Gasteiger partial charge in [0.2, 0.25) is 5.43 Å². The van der Waals surface area contributed by atoms with Crippen LogP contribution in [0.3, 0.4) is 0 Å². The first-order valence-corrected chi connectivity index (χ1v) is 11.6. The van der Waals surface area contributed by atoms with Crippen molar-refractivity contribution in [2.24, 2.45) is 5.92 Å². The maximum atomic E-state index is 13.1. The van der Waals surface area contributed by atoms with Gasteiger partial charge >= 0.3 is 0 Å². The second-order valence-electron chi connectivity index (χ2n) is 7.81. The number of amides is 2. The van der Waals surface area contributed by atoms with Crippen molar-refractivity contribution in [1.29, 1.82) is 0 Å². The van der Waals surface area contributed by atoms with E-state index >= 15 is 0 Å². The Labute approximate surface area is 172 Å². The second kappa shape index (κ2) is 11.3. The van der Waals surface area contributed by atoms with Gasteiger partial charge in [0.25, 0.3) is 11.8 Å². The first-order chi connectivity index (χ1) is 13.4. The lowest BCUT2D eigenvalue weighted by Gasteiger charge is -2.21. The molecule has 28 heavy (non-hydrogen) atoms. The molecule has 0 spiro atoms. The summed E-state index contributed by atoms with van der Waals surface area (Å²) < 4.78 is 1.81. The Bertz CT molecular complexity index is 722. The minimum Gasteiger partial charge on any atom is -0.352 e. The van der Waals surface area contributed by atoms with E-state index in [1.165, 1.54) is 0 Å². The standard InChI is InChI=1S/C21H33N3O3S/c1-16(2)13-23-14-17(20(26)22-9-8-12-28-3)19(25)18(15-23)21(27)24-10-6-4-5-7-11-24/h14-16H,4-13H2,1-3H3,(H,22,26). The number of carbonyl (C=O) groups excluding carboxylic acids is 2. The number of rotatable bonds is 8. The van der Waals surface area contributed by atoms with Crippen LogP contribution in [0.5, 0.6) is 0 Å². The highest BCUT2D eigenvalue weighted by molar-refractivity contribution is 7.98. The van der Waals surface area contributed by atoms with Gasteiger partial charge in [-0.15, -0.1) is 0 Å². The van der Waals surface area contributed by atoms with Gasteiger partial charge in [-0.1, -0.05) is 26.7 Å². The SMILES string of the molecule is CSCCCNC(=O)c1cn(CC(C)C)cc(C(=O)N2CCCCCC2)c1=O. The van der Waals surface area contributed by atoms with Crippen molar-refractivity contribution in [2.75, 3.05) is 31.6 Å². The fourth-order valence-electron chi connectivity index (χ4n) is 3.43. The molecular formula is C21H33N3O3S. The van der Waals surface area contributed by atoms with Crippen molar-refractivity contribution < 1.29 is 9.59 Å². The number of pyridine rings is 1. The summed E-state index contributed by atoms with van der Waals surface area (Å²) in [5.74, 6) is 0.641.